The van der Waals surface area contributed by atoms with E-state index in [-0.39, 0.29) is 4.90 Å². The Hall–Kier alpha value is -1.69. The van der Waals surface area contributed by atoms with Crippen molar-refractivity contribution in [3.63, 3.8) is 0 Å². The predicted octanol–water partition coefficient (Wildman–Crippen LogP) is 2.71. The number of rotatable bonds is 5. The molecule has 1 aliphatic heterocycles. The second kappa shape index (κ2) is 6.83. The molecule has 1 heterocycles. The van der Waals surface area contributed by atoms with Crippen LogP contribution in [0.25, 0.3) is 0 Å². The van der Waals surface area contributed by atoms with Crippen molar-refractivity contribution in [2.45, 2.75) is 30.2 Å². The zero-order chi connectivity index (χ0) is 16.3. The van der Waals surface area contributed by atoms with Crippen LogP contribution in [0, 0.1) is 0 Å². The highest BCUT2D eigenvalue weighted by Gasteiger charge is 2.25. The predicted molar refractivity (Wildman–Crippen MR) is 91.5 cm³/mol. The summed E-state index contributed by atoms with van der Waals surface area (Å²) in [7, 11) is -3.61. The maximum atomic E-state index is 11.3. The minimum absolute atomic E-state index is 0.171. The van der Waals surface area contributed by atoms with Crippen LogP contribution in [-0.2, 0) is 16.4 Å². The Labute approximate surface area is 138 Å². The van der Waals surface area contributed by atoms with Gasteiger partial charge < -0.3 is 0 Å². The number of primary sulfonamides is 1. The second-order valence-electron chi connectivity index (χ2n) is 6.04. The number of benzene rings is 2. The van der Waals surface area contributed by atoms with Gasteiger partial charge in [-0.3, -0.25) is 4.90 Å². The molecule has 0 aliphatic carbocycles. The summed E-state index contributed by atoms with van der Waals surface area (Å²) in [5.74, 6) is 0. The van der Waals surface area contributed by atoms with E-state index in [0.29, 0.717) is 6.04 Å². The molecular weight excluding hydrogens is 308 g/mol. The van der Waals surface area contributed by atoms with E-state index in [9.17, 15) is 8.42 Å². The molecule has 1 aliphatic rings. The third kappa shape index (κ3) is 3.99. The average molecular weight is 330 g/mol. The van der Waals surface area contributed by atoms with Crippen LogP contribution in [0.5, 0.6) is 0 Å². The Balaban J connectivity index is 1.63. The van der Waals surface area contributed by atoms with Gasteiger partial charge in [0.25, 0.3) is 0 Å². The molecule has 4 nitrogen and oxygen atoms in total. The van der Waals surface area contributed by atoms with Crippen molar-refractivity contribution in [1.29, 1.82) is 0 Å². The van der Waals surface area contributed by atoms with Crippen LogP contribution in [0.2, 0.25) is 0 Å². The average Bonchev–Trinajstić information content (AvgIpc) is 3.02. The topological polar surface area (TPSA) is 63.4 Å². The van der Waals surface area contributed by atoms with Gasteiger partial charge in [0.1, 0.15) is 0 Å². The van der Waals surface area contributed by atoms with Gasteiger partial charge in [0.15, 0.2) is 0 Å². The van der Waals surface area contributed by atoms with Crippen LogP contribution in [0.1, 0.15) is 30.0 Å². The molecule has 3 rings (SSSR count). The SMILES string of the molecule is NS(=O)(=O)c1ccc(CCN2CCCC2c2ccccc2)cc1. The van der Waals surface area contributed by atoms with Gasteiger partial charge in [-0.15, -0.1) is 0 Å². The molecule has 1 unspecified atom stereocenters. The van der Waals surface area contributed by atoms with E-state index in [1.54, 1.807) is 12.1 Å². The molecule has 2 N–H and O–H groups in total. The van der Waals surface area contributed by atoms with Crippen molar-refractivity contribution in [2.75, 3.05) is 13.1 Å². The van der Waals surface area contributed by atoms with E-state index in [0.717, 1.165) is 25.1 Å². The monoisotopic (exact) mass is 330 g/mol. The number of nitrogens with zero attached hydrogens (tertiary/aromatic N) is 1. The highest BCUT2D eigenvalue weighted by Crippen LogP contribution is 2.31. The van der Waals surface area contributed by atoms with Crippen LogP contribution >= 0.6 is 0 Å². The third-order valence-corrected chi connectivity index (χ3v) is 5.42. The standard InChI is InChI=1S/C18H22N2O2S/c19-23(21,22)17-10-8-15(9-11-17)12-14-20-13-4-7-18(20)16-5-2-1-3-6-16/h1-3,5-6,8-11,18H,4,7,12-14H2,(H2,19,21,22). The van der Waals surface area contributed by atoms with Crippen molar-refractivity contribution in [3.8, 4) is 0 Å². The number of nitrogens with two attached hydrogens (primary N) is 1. The largest absolute Gasteiger partial charge is 0.296 e. The van der Waals surface area contributed by atoms with Gasteiger partial charge in [-0.05, 0) is 49.1 Å². The number of hydrogen-bond acceptors (Lipinski definition) is 3. The van der Waals surface area contributed by atoms with Crippen molar-refractivity contribution in [1.82, 2.24) is 4.90 Å². The molecule has 0 spiro atoms. The number of sulfonamides is 1. The lowest BCUT2D eigenvalue weighted by atomic mass is 10.0. The Morgan fingerprint density at radius 1 is 1.04 bits per heavy atom. The second-order valence-corrected chi connectivity index (χ2v) is 7.61. The van der Waals surface area contributed by atoms with Crippen LogP contribution in [-0.4, -0.2) is 26.4 Å². The van der Waals surface area contributed by atoms with Crippen LogP contribution in [0.15, 0.2) is 59.5 Å². The van der Waals surface area contributed by atoms with Crippen molar-refractivity contribution >= 4 is 10.0 Å². The van der Waals surface area contributed by atoms with Gasteiger partial charge >= 0.3 is 0 Å². The molecule has 0 amide bonds. The minimum Gasteiger partial charge on any atom is -0.296 e. The first-order chi connectivity index (χ1) is 11.0. The van der Waals surface area contributed by atoms with E-state index < -0.39 is 10.0 Å². The molecule has 1 saturated heterocycles. The summed E-state index contributed by atoms with van der Waals surface area (Å²) in [6, 6.07) is 18.0. The summed E-state index contributed by atoms with van der Waals surface area (Å²) >= 11 is 0. The maximum Gasteiger partial charge on any atom is 0.238 e. The minimum atomic E-state index is -3.61. The summed E-state index contributed by atoms with van der Waals surface area (Å²) in [5.41, 5.74) is 2.52. The first-order valence-electron chi connectivity index (χ1n) is 7.95. The van der Waals surface area contributed by atoms with Crippen LogP contribution in [0.3, 0.4) is 0 Å². The summed E-state index contributed by atoms with van der Waals surface area (Å²) in [6.45, 7) is 2.10. The highest BCUT2D eigenvalue weighted by molar-refractivity contribution is 7.89. The van der Waals surface area contributed by atoms with E-state index in [2.05, 4.69) is 35.2 Å². The van der Waals surface area contributed by atoms with Gasteiger partial charge in [0.2, 0.25) is 10.0 Å². The zero-order valence-corrected chi connectivity index (χ0v) is 13.9. The quantitative estimate of drug-likeness (QED) is 0.917. The fraction of sp³-hybridized carbons (Fsp3) is 0.333. The van der Waals surface area contributed by atoms with Gasteiger partial charge in [-0.2, -0.15) is 0 Å². The maximum absolute atomic E-state index is 11.3. The Morgan fingerprint density at radius 2 is 1.74 bits per heavy atom. The van der Waals surface area contributed by atoms with E-state index in [1.807, 2.05) is 12.1 Å². The van der Waals surface area contributed by atoms with E-state index in [4.69, 9.17) is 5.14 Å². The molecular formula is C18H22N2O2S. The molecule has 5 heteroatoms. The van der Waals surface area contributed by atoms with Gasteiger partial charge in [0, 0.05) is 12.6 Å². The molecule has 0 bridgehead atoms. The Bertz CT molecular complexity index is 742. The van der Waals surface area contributed by atoms with Crippen molar-refractivity contribution in [3.05, 3.63) is 65.7 Å². The molecule has 0 saturated carbocycles. The molecule has 2 aromatic rings. The van der Waals surface area contributed by atoms with Gasteiger partial charge in [-0.1, -0.05) is 42.5 Å². The Kier molecular flexibility index (Phi) is 4.80. The fourth-order valence-corrected chi connectivity index (χ4v) is 3.78. The molecule has 1 fully saturated rings. The molecule has 122 valence electrons. The summed E-state index contributed by atoms with van der Waals surface area (Å²) in [5, 5.41) is 5.13. The number of likely N-dealkylation sites (tertiary alicyclic amines) is 1. The van der Waals surface area contributed by atoms with Gasteiger partial charge in [0.05, 0.1) is 4.90 Å². The normalized spacial score (nSPS) is 19.1. The van der Waals surface area contributed by atoms with Gasteiger partial charge in [-0.25, -0.2) is 13.6 Å². The first kappa shape index (κ1) is 16.2. The highest BCUT2D eigenvalue weighted by atomic mass is 32.2. The molecule has 0 aromatic heterocycles. The molecule has 0 radical (unpaired) electrons. The van der Waals surface area contributed by atoms with Crippen LogP contribution in [0.4, 0.5) is 0 Å². The summed E-state index contributed by atoms with van der Waals surface area (Å²) in [4.78, 5) is 2.69. The molecule has 23 heavy (non-hydrogen) atoms. The molecule has 1 atom stereocenters. The van der Waals surface area contributed by atoms with E-state index in [1.165, 1.54) is 18.4 Å². The smallest absolute Gasteiger partial charge is 0.238 e. The third-order valence-electron chi connectivity index (χ3n) is 4.49. The summed E-state index contributed by atoms with van der Waals surface area (Å²) < 4.78 is 22.6. The first-order valence-corrected chi connectivity index (χ1v) is 9.49. The lowest BCUT2D eigenvalue weighted by Crippen LogP contribution is -2.25. The molecule has 2 aromatic carbocycles. The van der Waals surface area contributed by atoms with Crippen LogP contribution < -0.4 is 5.14 Å². The zero-order valence-electron chi connectivity index (χ0n) is 13.1. The Morgan fingerprint density at radius 3 is 2.39 bits per heavy atom. The van der Waals surface area contributed by atoms with Crippen molar-refractivity contribution < 1.29 is 8.42 Å². The lowest BCUT2D eigenvalue weighted by molar-refractivity contribution is 0.260. The van der Waals surface area contributed by atoms with Crippen molar-refractivity contribution in [2.24, 2.45) is 5.14 Å². The van der Waals surface area contributed by atoms with E-state index >= 15 is 0 Å². The number of hydrogen-bond donors (Lipinski definition) is 1. The lowest BCUT2D eigenvalue weighted by Gasteiger charge is -2.24. The fourth-order valence-electron chi connectivity index (χ4n) is 3.26. The summed E-state index contributed by atoms with van der Waals surface area (Å²) in [6.07, 6.45) is 3.34.